The van der Waals surface area contributed by atoms with Gasteiger partial charge in [-0.05, 0) is 30.0 Å². The smallest absolute Gasteiger partial charge is 0.227 e. The number of hydrogen-bond donors (Lipinski definition) is 0. The van der Waals surface area contributed by atoms with Crippen LogP contribution in [-0.4, -0.2) is 17.4 Å². The third-order valence-electron chi connectivity index (χ3n) is 4.06. The van der Waals surface area contributed by atoms with Gasteiger partial charge in [0, 0.05) is 11.6 Å². The summed E-state index contributed by atoms with van der Waals surface area (Å²) in [4.78, 5) is 14.6. The summed E-state index contributed by atoms with van der Waals surface area (Å²) in [6, 6.07) is 18.1. The Morgan fingerprint density at radius 3 is 2.57 bits per heavy atom. The van der Waals surface area contributed by atoms with E-state index in [2.05, 4.69) is 12.1 Å². The standard InChI is InChI=1S/C18H18ClNO/c19-16-10-5-4-9-15(16)13-18(21)20-12-6-11-17(20)14-7-2-1-3-8-14/h1-5,7-10,17H,6,11-13H2. The molecule has 21 heavy (non-hydrogen) atoms. The molecule has 0 saturated carbocycles. The number of benzene rings is 2. The summed E-state index contributed by atoms with van der Waals surface area (Å²) in [5.74, 6) is 0.162. The van der Waals surface area contributed by atoms with Crippen LogP contribution in [0.5, 0.6) is 0 Å². The lowest BCUT2D eigenvalue weighted by Gasteiger charge is -2.25. The lowest BCUT2D eigenvalue weighted by atomic mass is 10.0. The second-order valence-corrected chi connectivity index (χ2v) is 5.83. The van der Waals surface area contributed by atoms with Crippen molar-refractivity contribution in [1.29, 1.82) is 0 Å². The highest BCUT2D eigenvalue weighted by Gasteiger charge is 2.29. The molecule has 0 N–H and O–H groups in total. The van der Waals surface area contributed by atoms with Gasteiger partial charge in [-0.2, -0.15) is 0 Å². The zero-order valence-electron chi connectivity index (χ0n) is 11.8. The average molecular weight is 300 g/mol. The minimum atomic E-state index is 0.162. The summed E-state index contributed by atoms with van der Waals surface area (Å²) in [7, 11) is 0. The molecule has 1 heterocycles. The molecule has 2 nitrogen and oxygen atoms in total. The van der Waals surface area contributed by atoms with Gasteiger partial charge in [-0.15, -0.1) is 0 Å². The molecule has 3 heteroatoms. The summed E-state index contributed by atoms with van der Waals surface area (Å²) in [5.41, 5.74) is 2.13. The molecule has 0 radical (unpaired) electrons. The molecule has 1 amide bonds. The minimum Gasteiger partial charge on any atom is -0.335 e. The predicted molar refractivity (Wildman–Crippen MR) is 85.3 cm³/mol. The molecule has 1 saturated heterocycles. The first-order valence-corrected chi connectivity index (χ1v) is 7.71. The first kappa shape index (κ1) is 14.2. The normalized spacial score (nSPS) is 18.0. The predicted octanol–water partition coefficient (Wildman–Crippen LogP) is 4.25. The highest BCUT2D eigenvalue weighted by Crippen LogP contribution is 2.32. The number of nitrogens with zero attached hydrogens (tertiary/aromatic N) is 1. The highest BCUT2D eigenvalue weighted by atomic mass is 35.5. The van der Waals surface area contributed by atoms with Crippen LogP contribution in [0.1, 0.15) is 30.0 Å². The maximum atomic E-state index is 12.6. The molecule has 108 valence electrons. The second-order valence-electron chi connectivity index (χ2n) is 5.42. The fourth-order valence-corrected chi connectivity index (χ4v) is 3.20. The van der Waals surface area contributed by atoms with Gasteiger partial charge in [0.25, 0.3) is 0 Å². The number of amides is 1. The molecule has 1 aliphatic heterocycles. The zero-order valence-corrected chi connectivity index (χ0v) is 12.6. The number of rotatable bonds is 3. The van der Waals surface area contributed by atoms with Gasteiger partial charge in [-0.25, -0.2) is 0 Å². The number of likely N-dealkylation sites (tertiary alicyclic amines) is 1. The van der Waals surface area contributed by atoms with Crippen molar-refractivity contribution in [3.8, 4) is 0 Å². The summed E-state index contributed by atoms with van der Waals surface area (Å²) < 4.78 is 0. The fraction of sp³-hybridized carbons (Fsp3) is 0.278. The van der Waals surface area contributed by atoms with Crippen LogP contribution in [0.4, 0.5) is 0 Å². The first-order chi connectivity index (χ1) is 10.3. The van der Waals surface area contributed by atoms with Gasteiger partial charge >= 0.3 is 0 Å². The number of hydrogen-bond acceptors (Lipinski definition) is 1. The molecule has 1 unspecified atom stereocenters. The quantitative estimate of drug-likeness (QED) is 0.830. The SMILES string of the molecule is O=C(Cc1ccccc1Cl)N1CCCC1c1ccccc1. The molecular formula is C18H18ClNO. The molecule has 0 aromatic heterocycles. The van der Waals surface area contributed by atoms with E-state index in [0.717, 1.165) is 24.9 Å². The molecule has 2 aromatic carbocycles. The van der Waals surface area contributed by atoms with Crippen LogP contribution >= 0.6 is 11.6 Å². The molecule has 2 aromatic rings. The summed E-state index contributed by atoms with van der Waals surface area (Å²) in [6.07, 6.45) is 2.48. The number of carbonyl (C=O) groups is 1. The minimum absolute atomic E-state index is 0.162. The molecule has 1 fully saturated rings. The van der Waals surface area contributed by atoms with E-state index in [0.29, 0.717) is 11.4 Å². The maximum absolute atomic E-state index is 12.6. The van der Waals surface area contributed by atoms with Crippen molar-refractivity contribution in [2.24, 2.45) is 0 Å². The van der Waals surface area contributed by atoms with Crippen molar-refractivity contribution in [1.82, 2.24) is 4.90 Å². The Morgan fingerprint density at radius 2 is 1.81 bits per heavy atom. The van der Waals surface area contributed by atoms with Crippen LogP contribution in [0.3, 0.4) is 0 Å². The van der Waals surface area contributed by atoms with Crippen molar-refractivity contribution in [3.05, 3.63) is 70.7 Å². The van der Waals surface area contributed by atoms with Gasteiger partial charge in [0.05, 0.1) is 12.5 Å². The van der Waals surface area contributed by atoms with E-state index in [1.54, 1.807) is 0 Å². The molecule has 0 spiro atoms. The number of halogens is 1. The van der Waals surface area contributed by atoms with Crippen molar-refractivity contribution in [3.63, 3.8) is 0 Å². The van der Waals surface area contributed by atoms with E-state index in [9.17, 15) is 4.79 Å². The van der Waals surface area contributed by atoms with Crippen LogP contribution in [-0.2, 0) is 11.2 Å². The summed E-state index contributed by atoms with van der Waals surface area (Å²) in [6.45, 7) is 0.836. The van der Waals surface area contributed by atoms with Gasteiger partial charge in [0.15, 0.2) is 0 Å². The van der Waals surface area contributed by atoms with Gasteiger partial charge in [-0.3, -0.25) is 4.79 Å². The third-order valence-corrected chi connectivity index (χ3v) is 4.43. The van der Waals surface area contributed by atoms with Crippen LogP contribution in [0.15, 0.2) is 54.6 Å². The molecular weight excluding hydrogens is 282 g/mol. The molecule has 1 atom stereocenters. The van der Waals surface area contributed by atoms with E-state index < -0.39 is 0 Å². The average Bonchev–Trinajstić information content (AvgIpc) is 3.00. The highest BCUT2D eigenvalue weighted by molar-refractivity contribution is 6.31. The van der Waals surface area contributed by atoms with E-state index in [1.165, 1.54) is 5.56 Å². The molecule has 1 aliphatic rings. The van der Waals surface area contributed by atoms with Crippen LogP contribution in [0.2, 0.25) is 5.02 Å². The fourth-order valence-electron chi connectivity index (χ4n) is 2.99. The Kier molecular flexibility index (Phi) is 4.26. The maximum Gasteiger partial charge on any atom is 0.227 e. The van der Waals surface area contributed by atoms with Crippen LogP contribution in [0, 0.1) is 0 Å². The van der Waals surface area contributed by atoms with Crippen molar-refractivity contribution in [2.75, 3.05) is 6.54 Å². The molecule has 0 aliphatic carbocycles. The van der Waals surface area contributed by atoms with Crippen molar-refractivity contribution >= 4 is 17.5 Å². The Morgan fingerprint density at radius 1 is 1.10 bits per heavy atom. The largest absolute Gasteiger partial charge is 0.335 e. The monoisotopic (exact) mass is 299 g/mol. The Balaban J connectivity index is 1.76. The Bertz CT molecular complexity index is 626. The Hall–Kier alpha value is -1.80. The first-order valence-electron chi connectivity index (χ1n) is 7.33. The molecule has 0 bridgehead atoms. The van der Waals surface area contributed by atoms with E-state index in [1.807, 2.05) is 47.4 Å². The van der Waals surface area contributed by atoms with E-state index in [4.69, 9.17) is 11.6 Å². The lowest BCUT2D eigenvalue weighted by Crippen LogP contribution is -2.31. The van der Waals surface area contributed by atoms with Crippen molar-refractivity contribution in [2.45, 2.75) is 25.3 Å². The van der Waals surface area contributed by atoms with E-state index >= 15 is 0 Å². The van der Waals surface area contributed by atoms with Gasteiger partial charge in [-0.1, -0.05) is 60.1 Å². The zero-order chi connectivity index (χ0) is 14.7. The van der Waals surface area contributed by atoms with Crippen molar-refractivity contribution < 1.29 is 4.79 Å². The second kappa shape index (κ2) is 6.31. The Labute approximate surface area is 130 Å². The van der Waals surface area contributed by atoms with Gasteiger partial charge in [0.1, 0.15) is 0 Å². The van der Waals surface area contributed by atoms with Crippen LogP contribution < -0.4 is 0 Å². The van der Waals surface area contributed by atoms with Crippen LogP contribution in [0.25, 0.3) is 0 Å². The molecule has 3 rings (SSSR count). The third kappa shape index (κ3) is 3.11. The van der Waals surface area contributed by atoms with Gasteiger partial charge in [0.2, 0.25) is 5.91 Å². The lowest BCUT2D eigenvalue weighted by molar-refractivity contribution is -0.131. The van der Waals surface area contributed by atoms with E-state index in [-0.39, 0.29) is 11.9 Å². The summed E-state index contributed by atoms with van der Waals surface area (Å²) in [5, 5.41) is 0.668. The summed E-state index contributed by atoms with van der Waals surface area (Å²) >= 11 is 6.16. The van der Waals surface area contributed by atoms with Gasteiger partial charge < -0.3 is 4.90 Å². The topological polar surface area (TPSA) is 20.3 Å². The number of carbonyl (C=O) groups excluding carboxylic acids is 1.